The third kappa shape index (κ3) is 3.92. The highest BCUT2D eigenvalue weighted by atomic mass is 32.1. The largest absolute Gasteiger partial charge is 0.326 e. The molecule has 0 spiro atoms. The first-order chi connectivity index (χ1) is 11.2. The molecule has 3 aromatic rings. The summed E-state index contributed by atoms with van der Waals surface area (Å²) in [5.74, 6) is 0.501. The minimum atomic E-state index is -0.0153. The molecule has 0 unspecified atom stereocenters. The second-order valence-electron chi connectivity index (χ2n) is 4.91. The van der Waals surface area contributed by atoms with Gasteiger partial charge >= 0.3 is 0 Å². The van der Waals surface area contributed by atoms with Crippen LogP contribution in [0.2, 0.25) is 0 Å². The zero-order valence-electron chi connectivity index (χ0n) is 12.6. The summed E-state index contributed by atoms with van der Waals surface area (Å²) >= 11 is 1.64. The number of rotatable bonds is 5. The Balaban J connectivity index is 1.72. The topological polar surface area (TPSA) is 66.9 Å². The minimum Gasteiger partial charge on any atom is -0.326 e. The van der Waals surface area contributed by atoms with E-state index in [2.05, 4.69) is 26.0 Å². The number of benzene rings is 1. The number of nitrogens with one attached hydrogen (secondary N) is 2. The van der Waals surface area contributed by atoms with Crippen molar-refractivity contribution in [2.75, 3.05) is 10.6 Å². The molecule has 0 aliphatic heterocycles. The second-order valence-corrected chi connectivity index (χ2v) is 5.69. The Morgan fingerprint density at radius 1 is 1.13 bits per heavy atom. The first-order valence-electron chi connectivity index (χ1n) is 7.26. The second kappa shape index (κ2) is 7.02. The maximum Gasteiger partial charge on any atom is 0.227 e. The van der Waals surface area contributed by atoms with Crippen molar-refractivity contribution in [1.82, 2.24) is 9.97 Å². The van der Waals surface area contributed by atoms with E-state index in [1.807, 2.05) is 42.6 Å². The molecule has 0 saturated heterocycles. The molecule has 0 bridgehead atoms. The van der Waals surface area contributed by atoms with Crippen molar-refractivity contribution >= 4 is 34.6 Å². The lowest BCUT2D eigenvalue weighted by atomic mass is 10.2. The number of hydrogen-bond donors (Lipinski definition) is 2. The van der Waals surface area contributed by atoms with Crippen molar-refractivity contribution in [1.29, 1.82) is 0 Å². The molecule has 3 rings (SSSR count). The van der Waals surface area contributed by atoms with E-state index in [-0.39, 0.29) is 5.91 Å². The van der Waals surface area contributed by atoms with Gasteiger partial charge in [-0.2, -0.15) is 11.3 Å². The highest BCUT2D eigenvalue weighted by molar-refractivity contribution is 7.08. The number of carbonyl (C=O) groups excluding carboxylic acids is 1. The summed E-state index contributed by atoms with van der Waals surface area (Å²) < 4.78 is 0. The summed E-state index contributed by atoms with van der Waals surface area (Å²) in [5, 5.41) is 10.1. The van der Waals surface area contributed by atoms with Crippen LogP contribution in [0, 0.1) is 0 Å². The molecule has 23 heavy (non-hydrogen) atoms. The Labute approximate surface area is 138 Å². The van der Waals surface area contributed by atoms with E-state index in [0.29, 0.717) is 12.4 Å². The van der Waals surface area contributed by atoms with Crippen molar-refractivity contribution in [3.8, 4) is 11.1 Å². The molecule has 0 aliphatic carbocycles. The van der Waals surface area contributed by atoms with Gasteiger partial charge in [-0.05, 0) is 40.6 Å². The van der Waals surface area contributed by atoms with Gasteiger partial charge in [-0.25, -0.2) is 9.97 Å². The Hall–Kier alpha value is -2.73. The summed E-state index contributed by atoms with van der Waals surface area (Å²) in [7, 11) is 0. The average Bonchev–Trinajstić information content (AvgIpc) is 3.10. The summed E-state index contributed by atoms with van der Waals surface area (Å²) in [4.78, 5) is 20.1. The highest BCUT2D eigenvalue weighted by Crippen LogP contribution is 2.22. The minimum absolute atomic E-state index is 0.0153. The van der Waals surface area contributed by atoms with Gasteiger partial charge < -0.3 is 10.6 Å². The van der Waals surface area contributed by atoms with Crippen LogP contribution in [-0.4, -0.2) is 15.9 Å². The standard InChI is InChI=1S/C17H16N4OS/c1-2-16(22)20-14-4-3-5-15(8-14)21-17-18-9-13(10-19-17)12-6-7-23-11-12/h3-11H,2H2,1H3,(H,20,22)(H,18,19,21). The van der Waals surface area contributed by atoms with Crippen LogP contribution in [0.4, 0.5) is 17.3 Å². The van der Waals surface area contributed by atoms with Gasteiger partial charge in [0.05, 0.1) is 0 Å². The molecule has 6 heteroatoms. The van der Waals surface area contributed by atoms with Gasteiger partial charge in [-0.15, -0.1) is 0 Å². The zero-order chi connectivity index (χ0) is 16.1. The molecular formula is C17H16N4OS. The smallest absolute Gasteiger partial charge is 0.227 e. The molecule has 1 aromatic carbocycles. The summed E-state index contributed by atoms with van der Waals surface area (Å²) in [6, 6.07) is 9.50. The van der Waals surface area contributed by atoms with Crippen molar-refractivity contribution in [2.45, 2.75) is 13.3 Å². The van der Waals surface area contributed by atoms with Crippen molar-refractivity contribution in [3.63, 3.8) is 0 Å². The third-order valence-corrected chi connectivity index (χ3v) is 3.91. The predicted octanol–water partition coefficient (Wildman–Crippen LogP) is 4.30. The van der Waals surface area contributed by atoms with E-state index in [1.165, 1.54) is 0 Å². The number of anilines is 3. The summed E-state index contributed by atoms with van der Waals surface area (Å²) in [6.45, 7) is 1.82. The van der Waals surface area contributed by atoms with Crippen molar-refractivity contribution in [3.05, 3.63) is 53.5 Å². The van der Waals surface area contributed by atoms with E-state index in [4.69, 9.17) is 0 Å². The predicted molar refractivity (Wildman–Crippen MR) is 94.0 cm³/mol. The van der Waals surface area contributed by atoms with Gasteiger partial charge in [0.25, 0.3) is 0 Å². The van der Waals surface area contributed by atoms with E-state index >= 15 is 0 Å². The van der Waals surface area contributed by atoms with Crippen molar-refractivity contribution < 1.29 is 4.79 Å². The van der Waals surface area contributed by atoms with Gasteiger partial charge in [0.2, 0.25) is 11.9 Å². The quantitative estimate of drug-likeness (QED) is 0.734. The fraction of sp³-hybridized carbons (Fsp3) is 0.118. The molecule has 0 radical (unpaired) electrons. The molecule has 2 N–H and O–H groups in total. The molecule has 0 fully saturated rings. The van der Waals surface area contributed by atoms with Gasteiger partial charge in [-0.1, -0.05) is 13.0 Å². The normalized spacial score (nSPS) is 10.3. The lowest BCUT2D eigenvalue weighted by Crippen LogP contribution is -2.09. The molecule has 0 saturated carbocycles. The van der Waals surface area contributed by atoms with Crippen LogP contribution in [0.3, 0.4) is 0 Å². The number of hydrogen-bond acceptors (Lipinski definition) is 5. The van der Waals surface area contributed by atoms with Crippen LogP contribution in [-0.2, 0) is 4.79 Å². The molecular weight excluding hydrogens is 308 g/mol. The first kappa shape index (κ1) is 15.2. The highest BCUT2D eigenvalue weighted by Gasteiger charge is 2.03. The molecule has 0 atom stereocenters. The molecule has 5 nitrogen and oxygen atoms in total. The molecule has 2 aromatic heterocycles. The molecule has 0 aliphatic rings. The van der Waals surface area contributed by atoms with E-state index in [0.717, 1.165) is 22.5 Å². The number of nitrogens with zero attached hydrogens (tertiary/aromatic N) is 2. The first-order valence-corrected chi connectivity index (χ1v) is 8.20. The van der Waals surface area contributed by atoms with Crippen LogP contribution in [0.15, 0.2) is 53.5 Å². The molecule has 2 heterocycles. The fourth-order valence-corrected chi connectivity index (χ4v) is 2.69. The lowest BCUT2D eigenvalue weighted by molar-refractivity contribution is -0.115. The summed E-state index contributed by atoms with van der Waals surface area (Å²) in [5.41, 5.74) is 3.67. The number of thiophene rings is 1. The van der Waals surface area contributed by atoms with Gasteiger partial charge in [0, 0.05) is 35.8 Å². The Morgan fingerprint density at radius 3 is 2.61 bits per heavy atom. The van der Waals surface area contributed by atoms with E-state index in [1.54, 1.807) is 23.7 Å². The van der Waals surface area contributed by atoms with Gasteiger partial charge in [0.1, 0.15) is 0 Å². The average molecular weight is 324 g/mol. The fourth-order valence-electron chi connectivity index (χ4n) is 2.02. The van der Waals surface area contributed by atoms with Gasteiger partial charge in [0.15, 0.2) is 0 Å². The Morgan fingerprint density at radius 2 is 1.91 bits per heavy atom. The number of aromatic nitrogens is 2. The van der Waals surface area contributed by atoms with Crippen LogP contribution in [0.5, 0.6) is 0 Å². The molecule has 116 valence electrons. The monoisotopic (exact) mass is 324 g/mol. The maximum atomic E-state index is 11.4. The Bertz CT molecular complexity index is 785. The Kier molecular flexibility index (Phi) is 4.63. The lowest BCUT2D eigenvalue weighted by Gasteiger charge is -2.08. The number of carbonyl (C=O) groups is 1. The van der Waals surface area contributed by atoms with Crippen LogP contribution in [0.1, 0.15) is 13.3 Å². The van der Waals surface area contributed by atoms with Gasteiger partial charge in [-0.3, -0.25) is 4.79 Å². The van der Waals surface area contributed by atoms with Crippen LogP contribution >= 0.6 is 11.3 Å². The van der Waals surface area contributed by atoms with E-state index in [9.17, 15) is 4.79 Å². The van der Waals surface area contributed by atoms with E-state index < -0.39 is 0 Å². The zero-order valence-corrected chi connectivity index (χ0v) is 13.4. The maximum absolute atomic E-state index is 11.4. The third-order valence-electron chi connectivity index (χ3n) is 3.23. The molecule has 1 amide bonds. The van der Waals surface area contributed by atoms with Crippen LogP contribution in [0.25, 0.3) is 11.1 Å². The van der Waals surface area contributed by atoms with Crippen LogP contribution < -0.4 is 10.6 Å². The SMILES string of the molecule is CCC(=O)Nc1cccc(Nc2ncc(-c3ccsc3)cn2)c1. The summed E-state index contributed by atoms with van der Waals surface area (Å²) in [6.07, 6.45) is 4.03. The number of amides is 1. The van der Waals surface area contributed by atoms with Crippen molar-refractivity contribution in [2.24, 2.45) is 0 Å².